The van der Waals surface area contributed by atoms with E-state index in [2.05, 4.69) is 180 Å². The lowest BCUT2D eigenvalue weighted by molar-refractivity contribution is 1.08. The van der Waals surface area contributed by atoms with Crippen molar-refractivity contribution in [2.24, 2.45) is 0 Å². The Morgan fingerprint density at radius 1 is 0.327 bits per heavy atom. The van der Waals surface area contributed by atoms with Crippen molar-refractivity contribution in [1.29, 1.82) is 0 Å². The van der Waals surface area contributed by atoms with Crippen molar-refractivity contribution in [2.45, 2.75) is 0 Å². The van der Waals surface area contributed by atoms with Gasteiger partial charge in [0.1, 0.15) is 0 Å². The highest BCUT2D eigenvalue weighted by Gasteiger charge is 2.19. The number of fused-ring (bicyclic) bond motifs is 7. The minimum absolute atomic E-state index is 0.635. The Morgan fingerprint density at radius 3 is 1.69 bits per heavy atom. The summed E-state index contributed by atoms with van der Waals surface area (Å²) in [5.41, 5.74) is 8.72. The molecule has 9 aromatic carbocycles. The smallest absolute Gasteiger partial charge is 0.165 e. The molecule has 4 heteroatoms. The summed E-state index contributed by atoms with van der Waals surface area (Å²) < 4.78 is 2.36. The Bertz CT molecular complexity index is 3240. The van der Waals surface area contributed by atoms with Crippen LogP contribution in [0.1, 0.15) is 0 Å². The summed E-state index contributed by atoms with van der Waals surface area (Å²) in [4.78, 5) is 15.6. The molecule has 0 aliphatic rings. The predicted octanol–water partition coefficient (Wildman–Crippen LogP) is 13.1. The zero-order chi connectivity index (χ0) is 36.3. The first-order valence-electron chi connectivity index (χ1n) is 18.6. The fourth-order valence-electron chi connectivity index (χ4n) is 8.31. The number of para-hydroxylation sites is 2. The lowest BCUT2D eigenvalue weighted by Gasteiger charge is -2.14. The van der Waals surface area contributed by atoms with Crippen LogP contribution in [-0.4, -0.2) is 19.5 Å². The fourth-order valence-corrected chi connectivity index (χ4v) is 8.31. The van der Waals surface area contributed by atoms with Gasteiger partial charge in [-0.25, -0.2) is 15.0 Å². The third-order valence-electron chi connectivity index (χ3n) is 10.8. The van der Waals surface area contributed by atoms with Gasteiger partial charge in [-0.15, -0.1) is 0 Å². The summed E-state index contributed by atoms with van der Waals surface area (Å²) in [5, 5.41) is 9.44. The standard InChI is InChI=1S/C51H32N4/c1-3-15-35(16-4-1)49-52-50(54-51(53-49)48-41-21-10-8-17-37(41)32-44-39-20-9-7-14-33(39)30-31-42(44)48)36-28-26-34(27-29-36)40-23-13-25-46-47(40)43-22-11-12-24-45(43)55(46)38-18-5-2-6-19-38/h1-32H. The van der Waals surface area contributed by atoms with Gasteiger partial charge in [-0.2, -0.15) is 0 Å². The van der Waals surface area contributed by atoms with Crippen molar-refractivity contribution in [1.82, 2.24) is 19.5 Å². The molecule has 0 aliphatic carbocycles. The predicted molar refractivity (Wildman–Crippen MR) is 228 cm³/mol. The van der Waals surface area contributed by atoms with E-state index in [0.29, 0.717) is 17.5 Å². The lowest BCUT2D eigenvalue weighted by Crippen LogP contribution is -2.01. The molecule has 0 spiro atoms. The third kappa shape index (κ3) is 5.11. The summed E-state index contributed by atoms with van der Waals surface area (Å²) in [6, 6.07) is 68.6. The molecule has 2 aromatic heterocycles. The Labute approximate surface area is 317 Å². The summed E-state index contributed by atoms with van der Waals surface area (Å²) >= 11 is 0. The van der Waals surface area contributed by atoms with Gasteiger partial charge in [-0.3, -0.25) is 0 Å². The van der Waals surface area contributed by atoms with Crippen molar-refractivity contribution in [3.05, 3.63) is 194 Å². The monoisotopic (exact) mass is 700 g/mol. The highest BCUT2D eigenvalue weighted by molar-refractivity contribution is 6.19. The second-order valence-corrected chi connectivity index (χ2v) is 14.0. The van der Waals surface area contributed by atoms with Crippen LogP contribution in [0.25, 0.3) is 105 Å². The van der Waals surface area contributed by atoms with Crippen LogP contribution in [0, 0.1) is 0 Å². The normalized spacial score (nSPS) is 11.6. The van der Waals surface area contributed by atoms with Crippen LogP contribution in [0.15, 0.2) is 194 Å². The zero-order valence-electron chi connectivity index (χ0n) is 29.8. The number of rotatable bonds is 5. The minimum Gasteiger partial charge on any atom is -0.309 e. The number of hydrogen-bond donors (Lipinski definition) is 0. The molecular weight excluding hydrogens is 669 g/mol. The molecule has 0 fully saturated rings. The van der Waals surface area contributed by atoms with Crippen molar-refractivity contribution >= 4 is 54.1 Å². The molecule has 0 saturated heterocycles. The van der Waals surface area contributed by atoms with Gasteiger partial charge in [0.05, 0.1) is 11.0 Å². The van der Waals surface area contributed by atoms with Gasteiger partial charge in [0.25, 0.3) is 0 Å². The maximum atomic E-state index is 5.28. The molecule has 0 radical (unpaired) electrons. The molecular formula is C51H32N4. The fraction of sp³-hybridized carbons (Fsp3) is 0. The van der Waals surface area contributed by atoms with Crippen LogP contribution in [0.3, 0.4) is 0 Å². The molecule has 11 rings (SSSR count). The first-order chi connectivity index (χ1) is 27.3. The van der Waals surface area contributed by atoms with Crippen molar-refractivity contribution in [2.75, 3.05) is 0 Å². The molecule has 0 saturated carbocycles. The Kier molecular flexibility index (Phi) is 7.14. The number of nitrogens with zero attached hydrogens (tertiary/aromatic N) is 4. The van der Waals surface area contributed by atoms with Crippen LogP contribution in [0.4, 0.5) is 0 Å². The molecule has 0 unspecified atom stereocenters. The SMILES string of the molecule is c1ccc(-c2nc(-c3ccc(-c4cccc5c4c4ccccc4n5-c4ccccc4)cc3)nc(-c3c4ccccc4cc4c3ccc3ccccc34)n2)cc1. The zero-order valence-corrected chi connectivity index (χ0v) is 29.8. The molecule has 0 aliphatic heterocycles. The largest absolute Gasteiger partial charge is 0.309 e. The van der Waals surface area contributed by atoms with E-state index < -0.39 is 0 Å². The van der Waals surface area contributed by atoms with E-state index in [9.17, 15) is 0 Å². The van der Waals surface area contributed by atoms with Gasteiger partial charge >= 0.3 is 0 Å². The van der Waals surface area contributed by atoms with E-state index in [-0.39, 0.29) is 0 Å². The van der Waals surface area contributed by atoms with E-state index in [1.54, 1.807) is 0 Å². The highest BCUT2D eigenvalue weighted by atomic mass is 15.0. The van der Waals surface area contributed by atoms with Crippen molar-refractivity contribution in [3.63, 3.8) is 0 Å². The van der Waals surface area contributed by atoms with Crippen LogP contribution in [0.5, 0.6) is 0 Å². The highest BCUT2D eigenvalue weighted by Crippen LogP contribution is 2.41. The van der Waals surface area contributed by atoms with Gasteiger partial charge in [0.2, 0.25) is 0 Å². The molecule has 0 bridgehead atoms. The second-order valence-electron chi connectivity index (χ2n) is 14.0. The van der Waals surface area contributed by atoms with Crippen LogP contribution in [-0.2, 0) is 0 Å². The minimum atomic E-state index is 0.635. The first kappa shape index (κ1) is 31.1. The molecule has 55 heavy (non-hydrogen) atoms. The average Bonchev–Trinajstić information content (AvgIpc) is 3.61. The maximum absolute atomic E-state index is 5.28. The van der Waals surface area contributed by atoms with E-state index in [1.807, 2.05) is 18.2 Å². The van der Waals surface area contributed by atoms with E-state index in [4.69, 9.17) is 15.0 Å². The Balaban J connectivity index is 1.10. The van der Waals surface area contributed by atoms with Crippen molar-refractivity contribution < 1.29 is 0 Å². The summed E-state index contributed by atoms with van der Waals surface area (Å²) in [6.45, 7) is 0. The summed E-state index contributed by atoms with van der Waals surface area (Å²) in [5.74, 6) is 1.93. The molecule has 256 valence electrons. The average molecular weight is 701 g/mol. The van der Waals surface area contributed by atoms with Crippen LogP contribution >= 0.6 is 0 Å². The van der Waals surface area contributed by atoms with Gasteiger partial charge in [-0.05, 0) is 73.8 Å². The summed E-state index contributed by atoms with van der Waals surface area (Å²) in [7, 11) is 0. The molecule has 4 nitrogen and oxygen atoms in total. The van der Waals surface area contributed by atoms with E-state index in [1.165, 1.54) is 43.5 Å². The quantitative estimate of drug-likeness (QED) is 0.133. The molecule has 0 amide bonds. The van der Waals surface area contributed by atoms with E-state index >= 15 is 0 Å². The number of hydrogen-bond acceptors (Lipinski definition) is 3. The summed E-state index contributed by atoms with van der Waals surface area (Å²) in [6.07, 6.45) is 0. The first-order valence-corrected chi connectivity index (χ1v) is 18.6. The molecule has 0 N–H and O–H groups in total. The lowest BCUT2D eigenvalue weighted by atomic mass is 9.93. The van der Waals surface area contributed by atoms with Crippen LogP contribution < -0.4 is 0 Å². The number of benzene rings is 9. The topological polar surface area (TPSA) is 43.6 Å². The van der Waals surface area contributed by atoms with Gasteiger partial charge in [-0.1, -0.05) is 164 Å². The van der Waals surface area contributed by atoms with E-state index in [0.717, 1.165) is 44.1 Å². The Hall–Kier alpha value is -7.43. The molecule has 11 aromatic rings. The molecule has 2 heterocycles. The van der Waals surface area contributed by atoms with Gasteiger partial charge in [0, 0.05) is 33.2 Å². The van der Waals surface area contributed by atoms with Gasteiger partial charge in [0.15, 0.2) is 17.5 Å². The third-order valence-corrected chi connectivity index (χ3v) is 10.8. The van der Waals surface area contributed by atoms with Gasteiger partial charge < -0.3 is 4.57 Å². The number of aromatic nitrogens is 4. The Morgan fingerprint density at radius 2 is 0.909 bits per heavy atom. The van der Waals surface area contributed by atoms with Crippen molar-refractivity contribution in [3.8, 4) is 51.0 Å². The molecule has 0 atom stereocenters. The van der Waals surface area contributed by atoms with Crippen LogP contribution in [0.2, 0.25) is 0 Å². The maximum Gasteiger partial charge on any atom is 0.165 e. The second kappa shape index (κ2) is 12.6.